The molecule has 0 atom stereocenters. The molecule has 1 aromatic carbocycles. The van der Waals surface area contributed by atoms with E-state index in [9.17, 15) is 9.59 Å². The summed E-state index contributed by atoms with van der Waals surface area (Å²) < 4.78 is 4.82. The van der Waals surface area contributed by atoms with E-state index >= 15 is 0 Å². The van der Waals surface area contributed by atoms with Crippen LogP contribution in [-0.2, 0) is 16.1 Å². The van der Waals surface area contributed by atoms with Crippen molar-refractivity contribution in [3.8, 4) is 0 Å². The fraction of sp³-hybridized carbons (Fsp3) is 0.200. The van der Waals surface area contributed by atoms with Gasteiger partial charge in [-0.15, -0.1) is 0 Å². The third kappa shape index (κ3) is 3.25. The SMILES string of the molecule is CNC(=O)OCc1ccccc1N=C=O. The van der Waals surface area contributed by atoms with Gasteiger partial charge in [-0.1, -0.05) is 18.2 Å². The van der Waals surface area contributed by atoms with Crippen molar-refractivity contribution in [1.82, 2.24) is 5.32 Å². The van der Waals surface area contributed by atoms with E-state index in [1.54, 1.807) is 24.3 Å². The van der Waals surface area contributed by atoms with E-state index in [1.165, 1.54) is 13.1 Å². The number of nitrogens with zero attached hydrogens (tertiary/aromatic N) is 1. The average Bonchev–Trinajstić information content (AvgIpc) is 2.28. The van der Waals surface area contributed by atoms with Gasteiger partial charge in [0, 0.05) is 12.6 Å². The van der Waals surface area contributed by atoms with Gasteiger partial charge in [-0.3, -0.25) is 0 Å². The quantitative estimate of drug-likeness (QED) is 0.602. The number of nitrogens with one attached hydrogen (secondary N) is 1. The molecule has 0 bridgehead atoms. The summed E-state index contributed by atoms with van der Waals surface area (Å²) >= 11 is 0. The Morgan fingerprint density at radius 3 is 2.93 bits per heavy atom. The number of rotatable bonds is 3. The largest absolute Gasteiger partial charge is 0.445 e. The molecule has 0 radical (unpaired) electrons. The summed E-state index contributed by atoms with van der Waals surface area (Å²) in [7, 11) is 1.47. The Kier molecular flexibility index (Phi) is 4.06. The summed E-state index contributed by atoms with van der Waals surface area (Å²) in [4.78, 5) is 24.4. The molecule has 0 fully saturated rings. The van der Waals surface area contributed by atoms with Gasteiger partial charge in [0.1, 0.15) is 6.61 Å². The zero-order valence-corrected chi connectivity index (χ0v) is 8.19. The number of hydrogen-bond donors (Lipinski definition) is 1. The van der Waals surface area contributed by atoms with Gasteiger partial charge in [0.05, 0.1) is 5.69 Å². The van der Waals surface area contributed by atoms with Gasteiger partial charge in [0.25, 0.3) is 0 Å². The van der Waals surface area contributed by atoms with Crippen LogP contribution in [-0.4, -0.2) is 19.2 Å². The van der Waals surface area contributed by atoms with Crippen LogP contribution < -0.4 is 5.32 Å². The van der Waals surface area contributed by atoms with Crippen LogP contribution >= 0.6 is 0 Å². The molecule has 0 saturated heterocycles. The molecule has 1 aromatic rings. The van der Waals surface area contributed by atoms with Crippen LogP contribution in [0.15, 0.2) is 29.3 Å². The van der Waals surface area contributed by atoms with Crippen LogP contribution in [0.2, 0.25) is 0 Å². The smallest absolute Gasteiger partial charge is 0.407 e. The lowest BCUT2D eigenvalue weighted by molar-refractivity contribution is 0.142. The minimum atomic E-state index is -0.528. The Morgan fingerprint density at radius 2 is 2.27 bits per heavy atom. The maximum atomic E-state index is 10.8. The second-order valence-corrected chi connectivity index (χ2v) is 2.66. The first-order chi connectivity index (χ1) is 7.27. The first-order valence-electron chi connectivity index (χ1n) is 4.28. The Balaban J connectivity index is 2.75. The van der Waals surface area contributed by atoms with Crippen LogP contribution in [0.25, 0.3) is 0 Å². The molecular weight excluding hydrogens is 196 g/mol. The van der Waals surface area contributed by atoms with Gasteiger partial charge in [0.15, 0.2) is 0 Å². The average molecular weight is 206 g/mol. The van der Waals surface area contributed by atoms with Crippen molar-refractivity contribution in [3.05, 3.63) is 29.8 Å². The molecule has 0 spiro atoms. The molecular formula is C10H10N2O3. The van der Waals surface area contributed by atoms with Gasteiger partial charge < -0.3 is 10.1 Å². The number of carbonyl (C=O) groups is 1. The van der Waals surface area contributed by atoms with Gasteiger partial charge in [-0.05, 0) is 6.07 Å². The molecule has 1 amide bonds. The van der Waals surface area contributed by atoms with Crippen molar-refractivity contribution in [3.63, 3.8) is 0 Å². The van der Waals surface area contributed by atoms with E-state index in [0.717, 1.165) is 0 Å². The Hall–Kier alpha value is -2.13. The summed E-state index contributed by atoms with van der Waals surface area (Å²) in [6.07, 6.45) is 0.917. The first-order valence-corrected chi connectivity index (χ1v) is 4.28. The van der Waals surface area contributed by atoms with Gasteiger partial charge in [0.2, 0.25) is 6.08 Å². The number of benzene rings is 1. The third-order valence-electron chi connectivity index (χ3n) is 1.72. The van der Waals surface area contributed by atoms with E-state index in [2.05, 4.69) is 10.3 Å². The van der Waals surface area contributed by atoms with E-state index in [-0.39, 0.29) is 6.61 Å². The summed E-state index contributed by atoms with van der Waals surface area (Å²) in [6, 6.07) is 6.87. The van der Waals surface area contributed by atoms with Crippen molar-refractivity contribution in [2.24, 2.45) is 4.99 Å². The van der Waals surface area contributed by atoms with Gasteiger partial charge >= 0.3 is 6.09 Å². The van der Waals surface area contributed by atoms with Crippen LogP contribution in [0.3, 0.4) is 0 Å². The van der Waals surface area contributed by atoms with E-state index in [1.807, 2.05) is 0 Å². The number of hydrogen-bond acceptors (Lipinski definition) is 4. The Morgan fingerprint density at radius 1 is 1.53 bits per heavy atom. The highest BCUT2D eigenvalue weighted by molar-refractivity contribution is 5.67. The van der Waals surface area contributed by atoms with Crippen LogP contribution in [0.5, 0.6) is 0 Å². The number of para-hydroxylation sites is 1. The highest BCUT2D eigenvalue weighted by Gasteiger charge is 2.03. The zero-order chi connectivity index (χ0) is 11.1. The normalized spacial score (nSPS) is 8.87. The molecule has 5 nitrogen and oxygen atoms in total. The summed E-state index contributed by atoms with van der Waals surface area (Å²) in [5.41, 5.74) is 1.11. The predicted octanol–water partition coefficient (Wildman–Crippen LogP) is 1.51. The summed E-state index contributed by atoms with van der Waals surface area (Å²) in [5.74, 6) is 0. The highest BCUT2D eigenvalue weighted by atomic mass is 16.5. The molecule has 0 saturated carbocycles. The maximum Gasteiger partial charge on any atom is 0.407 e. The van der Waals surface area contributed by atoms with Crippen molar-refractivity contribution in [1.29, 1.82) is 0 Å². The molecule has 5 heteroatoms. The Bertz CT molecular complexity index is 397. The predicted molar refractivity (Wildman–Crippen MR) is 53.5 cm³/mol. The number of aliphatic imine (C=N–C) groups is 1. The van der Waals surface area contributed by atoms with Crippen molar-refractivity contribution < 1.29 is 14.3 Å². The molecule has 78 valence electrons. The van der Waals surface area contributed by atoms with E-state index in [4.69, 9.17) is 4.74 Å². The number of carbonyl (C=O) groups excluding carboxylic acids is 2. The number of ether oxygens (including phenoxy) is 1. The standard InChI is InChI=1S/C10H10N2O3/c1-11-10(14)15-6-8-4-2-3-5-9(8)12-7-13/h2-5H,6H2,1H3,(H,11,14). The van der Waals surface area contributed by atoms with Gasteiger partial charge in [-0.25, -0.2) is 9.59 Å². The minimum absolute atomic E-state index is 0.0705. The third-order valence-corrected chi connectivity index (χ3v) is 1.72. The van der Waals surface area contributed by atoms with Crippen molar-refractivity contribution in [2.45, 2.75) is 6.61 Å². The first kappa shape index (κ1) is 10.9. The van der Waals surface area contributed by atoms with E-state index < -0.39 is 6.09 Å². The lowest BCUT2D eigenvalue weighted by Gasteiger charge is -2.05. The second kappa shape index (κ2) is 5.57. The molecule has 1 rings (SSSR count). The maximum absolute atomic E-state index is 10.8. The zero-order valence-electron chi connectivity index (χ0n) is 8.19. The molecule has 0 unspecified atom stereocenters. The number of isocyanates is 1. The second-order valence-electron chi connectivity index (χ2n) is 2.66. The van der Waals surface area contributed by atoms with Crippen molar-refractivity contribution in [2.75, 3.05) is 7.05 Å². The molecule has 0 aliphatic carbocycles. The molecule has 0 heterocycles. The fourth-order valence-corrected chi connectivity index (χ4v) is 1.01. The van der Waals surface area contributed by atoms with Gasteiger partial charge in [-0.2, -0.15) is 4.99 Å². The number of amides is 1. The lowest BCUT2D eigenvalue weighted by Crippen LogP contribution is -2.18. The van der Waals surface area contributed by atoms with Crippen LogP contribution in [0, 0.1) is 0 Å². The summed E-state index contributed by atoms with van der Waals surface area (Å²) in [5, 5.41) is 2.32. The van der Waals surface area contributed by atoms with Crippen LogP contribution in [0.4, 0.5) is 10.5 Å². The molecule has 1 N–H and O–H groups in total. The van der Waals surface area contributed by atoms with Crippen molar-refractivity contribution >= 4 is 17.9 Å². The van der Waals surface area contributed by atoms with E-state index in [0.29, 0.717) is 11.3 Å². The molecule has 0 aliphatic heterocycles. The Labute approximate surface area is 86.8 Å². The lowest BCUT2D eigenvalue weighted by atomic mass is 10.2. The summed E-state index contributed by atoms with van der Waals surface area (Å²) in [6.45, 7) is 0.0705. The monoisotopic (exact) mass is 206 g/mol. The van der Waals surface area contributed by atoms with Crippen LogP contribution in [0.1, 0.15) is 5.56 Å². The number of alkyl carbamates (subject to hydrolysis) is 1. The fourth-order valence-electron chi connectivity index (χ4n) is 1.01. The molecule has 15 heavy (non-hydrogen) atoms. The molecule has 0 aromatic heterocycles. The topological polar surface area (TPSA) is 67.8 Å². The minimum Gasteiger partial charge on any atom is -0.445 e. The highest BCUT2D eigenvalue weighted by Crippen LogP contribution is 2.18. The molecule has 0 aliphatic rings.